The molecule has 0 aromatic carbocycles. The number of hydrogen-bond acceptors (Lipinski definition) is 3. The number of aryl methyl sites for hydroxylation is 2. The molecule has 1 unspecified atom stereocenters. The van der Waals surface area contributed by atoms with Gasteiger partial charge in [0.2, 0.25) is 0 Å². The molecule has 78 valence electrons. The highest BCUT2D eigenvalue weighted by atomic mass is 15.3. The van der Waals surface area contributed by atoms with Crippen LogP contribution < -0.4 is 5.73 Å². The molecule has 0 radical (unpaired) electrons. The SMILES string of the molecule is CC1CCn2nc(CCCN)nc2C1. The van der Waals surface area contributed by atoms with E-state index in [1.54, 1.807) is 0 Å². The summed E-state index contributed by atoms with van der Waals surface area (Å²) in [6, 6.07) is 0. The molecule has 0 spiro atoms. The van der Waals surface area contributed by atoms with Crippen molar-refractivity contribution in [2.75, 3.05) is 6.54 Å². The van der Waals surface area contributed by atoms with Crippen LogP contribution in [0, 0.1) is 5.92 Å². The van der Waals surface area contributed by atoms with E-state index in [1.165, 1.54) is 6.42 Å². The van der Waals surface area contributed by atoms with Gasteiger partial charge in [-0.25, -0.2) is 9.67 Å². The molecule has 1 aliphatic heterocycles. The van der Waals surface area contributed by atoms with E-state index in [1.807, 2.05) is 0 Å². The van der Waals surface area contributed by atoms with Gasteiger partial charge in [0, 0.05) is 19.4 Å². The molecule has 0 bridgehead atoms. The van der Waals surface area contributed by atoms with Crippen molar-refractivity contribution >= 4 is 0 Å². The van der Waals surface area contributed by atoms with Gasteiger partial charge in [-0.2, -0.15) is 5.10 Å². The van der Waals surface area contributed by atoms with Crippen LogP contribution in [0.1, 0.15) is 31.4 Å². The molecule has 0 amide bonds. The Morgan fingerprint density at radius 1 is 1.57 bits per heavy atom. The molecule has 2 N–H and O–H groups in total. The van der Waals surface area contributed by atoms with Gasteiger partial charge < -0.3 is 5.73 Å². The van der Waals surface area contributed by atoms with Crippen LogP contribution in [0.25, 0.3) is 0 Å². The van der Waals surface area contributed by atoms with Crippen molar-refractivity contribution in [1.29, 1.82) is 0 Å². The Balaban J connectivity index is 2.07. The van der Waals surface area contributed by atoms with Crippen LogP contribution in [0.5, 0.6) is 0 Å². The summed E-state index contributed by atoms with van der Waals surface area (Å²) in [5, 5.41) is 4.47. The van der Waals surface area contributed by atoms with Crippen LogP contribution in [0.2, 0.25) is 0 Å². The Morgan fingerprint density at radius 3 is 3.21 bits per heavy atom. The van der Waals surface area contributed by atoms with Crippen molar-refractivity contribution < 1.29 is 0 Å². The van der Waals surface area contributed by atoms with E-state index in [0.29, 0.717) is 0 Å². The van der Waals surface area contributed by atoms with Crippen LogP contribution in [0.15, 0.2) is 0 Å². The molecule has 0 fully saturated rings. The molecular formula is C10H18N4. The predicted molar refractivity (Wildman–Crippen MR) is 54.9 cm³/mol. The van der Waals surface area contributed by atoms with Gasteiger partial charge in [-0.3, -0.25) is 0 Å². The fourth-order valence-corrected chi connectivity index (χ4v) is 1.88. The first-order chi connectivity index (χ1) is 6.79. The van der Waals surface area contributed by atoms with Crippen LogP contribution in [-0.2, 0) is 19.4 Å². The molecule has 1 aromatic heterocycles. The van der Waals surface area contributed by atoms with Gasteiger partial charge in [-0.05, 0) is 25.3 Å². The lowest BCUT2D eigenvalue weighted by Gasteiger charge is -2.17. The van der Waals surface area contributed by atoms with Crippen LogP contribution in [0.3, 0.4) is 0 Å². The highest BCUT2D eigenvalue weighted by molar-refractivity contribution is 4.97. The summed E-state index contributed by atoms with van der Waals surface area (Å²) in [7, 11) is 0. The predicted octanol–water partition coefficient (Wildman–Crippen LogP) is 0.752. The van der Waals surface area contributed by atoms with Gasteiger partial charge in [0.1, 0.15) is 5.82 Å². The van der Waals surface area contributed by atoms with E-state index in [9.17, 15) is 0 Å². The first-order valence-electron chi connectivity index (χ1n) is 5.42. The molecule has 1 atom stereocenters. The highest BCUT2D eigenvalue weighted by Gasteiger charge is 2.18. The third-order valence-corrected chi connectivity index (χ3v) is 2.76. The molecule has 1 aliphatic rings. The van der Waals surface area contributed by atoms with Gasteiger partial charge in [-0.1, -0.05) is 6.92 Å². The highest BCUT2D eigenvalue weighted by Crippen LogP contribution is 2.17. The Bertz CT molecular complexity index is 305. The lowest BCUT2D eigenvalue weighted by atomic mass is 10.0. The van der Waals surface area contributed by atoms with Gasteiger partial charge in [-0.15, -0.1) is 0 Å². The topological polar surface area (TPSA) is 56.7 Å². The molecule has 4 nitrogen and oxygen atoms in total. The Hall–Kier alpha value is -0.900. The van der Waals surface area contributed by atoms with Gasteiger partial charge >= 0.3 is 0 Å². The normalized spacial score (nSPS) is 20.9. The van der Waals surface area contributed by atoms with E-state index in [0.717, 1.165) is 49.9 Å². The molecule has 2 heterocycles. The minimum atomic E-state index is 0.722. The number of rotatable bonds is 3. The fourth-order valence-electron chi connectivity index (χ4n) is 1.88. The molecule has 4 heteroatoms. The maximum Gasteiger partial charge on any atom is 0.151 e. The van der Waals surface area contributed by atoms with Crippen molar-refractivity contribution in [3.63, 3.8) is 0 Å². The van der Waals surface area contributed by atoms with Gasteiger partial charge in [0.25, 0.3) is 0 Å². The van der Waals surface area contributed by atoms with Crippen molar-refractivity contribution in [2.45, 2.75) is 39.2 Å². The quantitative estimate of drug-likeness (QED) is 0.772. The molecule has 0 saturated carbocycles. The van der Waals surface area contributed by atoms with Gasteiger partial charge in [0.05, 0.1) is 0 Å². The Labute approximate surface area is 84.5 Å². The van der Waals surface area contributed by atoms with Crippen molar-refractivity contribution in [2.24, 2.45) is 11.7 Å². The second-order valence-electron chi connectivity index (χ2n) is 4.16. The first-order valence-corrected chi connectivity index (χ1v) is 5.42. The Kier molecular flexibility index (Phi) is 2.82. The number of aromatic nitrogens is 3. The summed E-state index contributed by atoms with van der Waals surface area (Å²) in [6.07, 6.45) is 4.21. The van der Waals surface area contributed by atoms with Crippen molar-refractivity contribution in [3.8, 4) is 0 Å². The maximum atomic E-state index is 5.46. The molecule has 14 heavy (non-hydrogen) atoms. The second kappa shape index (κ2) is 4.09. The smallest absolute Gasteiger partial charge is 0.151 e. The number of fused-ring (bicyclic) bond motifs is 1. The molecule has 1 aromatic rings. The first kappa shape index (κ1) is 9.65. The van der Waals surface area contributed by atoms with E-state index in [2.05, 4.69) is 21.7 Å². The van der Waals surface area contributed by atoms with Crippen molar-refractivity contribution in [3.05, 3.63) is 11.6 Å². The standard InChI is InChI=1S/C10H18N4/c1-8-4-6-14-10(7-8)12-9(13-14)3-2-5-11/h8H,2-7,11H2,1H3. The summed E-state index contributed by atoms with van der Waals surface area (Å²) in [5.74, 6) is 2.89. The molecule has 2 rings (SSSR count). The van der Waals surface area contributed by atoms with Gasteiger partial charge in [0.15, 0.2) is 5.82 Å². The lowest BCUT2D eigenvalue weighted by Crippen LogP contribution is -2.18. The zero-order valence-electron chi connectivity index (χ0n) is 8.74. The average molecular weight is 194 g/mol. The third-order valence-electron chi connectivity index (χ3n) is 2.76. The van der Waals surface area contributed by atoms with E-state index in [-0.39, 0.29) is 0 Å². The average Bonchev–Trinajstić information content (AvgIpc) is 2.56. The van der Waals surface area contributed by atoms with Crippen LogP contribution in [0.4, 0.5) is 0 Å². The minimum Gasteiger partial charge on any atom is -0.330 e. The summed E-state index contributed by atoms with van der Waals surface area (Å²) >= 11 is 0. The summed E-state index contributed by atoms with van der Waals surface area (Å²) in [4.78, 5) is 4.54. The molecule has 0 saturated heterocycles. The lowest BCUT2D eigenvalue weighted by molar-refractivity contribution is 0.385. The van der Waals surface area contributed by atoms with Crippen molar-refractivity contribution in [1.82, 2.24) is 14.8 Å². The number of hydrogen-bond donors (Lipinski definition) is 1. The number of nitrogens with zero attached hydrogens (tertiary/aromatic N) is 3. The largest absolute Gasteiger partial charge is 0.330 e. The third kappa shape index (κ3) is 1.95. The second-order valence-corrected chi connectivity index (χ2v) is 4.16. The molecular weight excluding hydrogens is 176 g/mol. The summed E-state index contributed by atoms with van der Waals surface area (Å²) in [6.45, 7) is 4.03. The summed E-state index contributed by atoms with van der Waals surface area (Å²) < 4.78 is 2.06. The van der Waals surface area contributed by atoms with E-state index >= 15 is 0 Å². The minimum absolute atomic E-state index is 0.722. The number of nitrogens with two attached hydrogens (primary N) is 1. The van der Waals surface area contributed by atoms with E-state index in [4.69, 9.17) is 5.73 Å². The van der Waals surface area contributed by atoms with Crippen LogP contribution in [-0.4, -0.2) is 21.3 Å². The van der Waals surface area contributed by atoms with Crippen LogP contribution >= 0.6 is 0 Å². The Morgan fingerprint density at radius 2 is 2.43 bits per heavy atom. The zero-order valence-corrected chi connectivity index (χ0v) is 8.74. The zero-order chi connectivity index (χ0) is 9.97. The maximum absolute atomic E-state index is 5.46. The van der Waals surface area contributed by atoms with E-state index < -0.39 is 0 Å². The summed E-state index contributed by atoms with van der Waals surface area (Å²) in [5.41, 5.74) is 5.46. The monoisotopic (exact) mass is 194 g/mol. The fraction of sp³-hybridized carbons (Fsp3) is 0.800. The molecule has 0 aliphatic carbocycles.